The van der Waals surface area contributed by atoms with Gasteiger partial charge in [-0.3, -0.25) is 0 Å². The first kappa shape index (κ1) is 14.5. The van der Waals surface area contributed by atoms with E-state index in [4.69, 9.17) is 0 Å². The van der Waals surface area contributed by atoms with Crippen molar-refractivity contribution in [3.63, 3.8) is 0 Å². The molecular weight excluding hydrogens is 322 g/mol. The van der Waals surface area contributed by atoms with Crippen LogP contribution in [0.5, 0.6) is 0 Å². The molecule has 5 heteroatoms. The largest absolute Gasteiger partial charge is 0.372 e. The molecule has 0 spiro atoms. The van der Waals surface area contributed by atoms with E-state index in [9.17, 15) is 0 Å². The van der Waals surface area contributed by atoms with Crippen molar-refractivity contribution in [2.24, 2.45) is 0 Å². The summed E-state index contributed by atoms with van der Waals surface area (Å²) in [6, 6.07) is 8.60. The number of benzene rings is 1. The Kier molecular flexibility index (Phi) is 5.34. The minimum atomic E-state index is 0.668. The maximum absolute atomic E-state index is 4.32. The van der Waals surface area contributed by atoms with Gasteiger partial charge in [0.05, 0.1) is 0 Å². The van der Waals surface area contributed by atoms with Crippen LogP contribution in [0.1, 0.15) is 26.7 Å². The zero-order valence-electron chi connectivity index (χ0n) is 11.3. The van der Waals surface area contributed by atoms with Crippen LogP contribution >= 0.6 is 27.5 Å². The van der Waals surface area contributed by atoms with Crippen LogP contribution in [0.15, 0.2) is 29.0 Å². The van der Waals surface area contributed by atoms with E-state index in [2.05, 4.69) is 54.5 Å². The van der Waals surface area contributed by atoms with Crippen molar-refractivity contribution in [3.05, 3.63) is 29.0 Å². The zero-order valence-corrected chi connectivity index (χ0v) is 13.7. The lowest BCUT2D eigenvalue weighted by atomic mass is 10.2. The Hall–Kier alpha value is -0.940. The molecule has 0 unspecified atom stereocenters. The van der Waals surface area contributed by atoms with Gasteiger partial charge in [0.1, 0.15) is 5.01 Å². The monoisotopic (exact) mass is 339 g/mol. The molecule has 0 amide bonds. The standard InChI is InChI=1S/C12H12BrN3S.C2H6/c13-12-14-11(17-15-12)9-3-5-10(6-4-9)16-7-1-2-8-16;1-2/h3-6H,1-2,7-8H2;1-2H3. The third-order valence-corrected chi connectivity index (χ3v) is 4.34. The molecule has 0 radical (unpaired) electrons. The first-order valence-corrected chi connectivity index (χ1v) is 8.24. The second kappa shape index (κ2) is 7.01. The summed E-state index contributed by atoms with van der Waals surface area (Å²) in [6.45, 7) is 6.37. The van der Waals surface area contributed by atoms with Gasteiger partial charge >= 0.3 is 0 Å². The van der Waals surface area contributed by atoms with E-state index in [1.54, 1.807) is 0 Å². The molecule has 19 heavy (non-hydrogen) atoms. The van der Waals surface area contributed by atoms with E-state index in [1.165, 1.54) is 43.2 Å². The van der Waals surface area contributed by atoms with Gasteiger partial charge < -0.3 is 4.90 Å². The second-order valence-electron chi connectivity index (χ2n) is 4.11. The summed E-state index contributed by atoms with van der Waals surface area (Å²) >= 11 is 4.70. The molecule has 102 valence electrons. The smallest absolute Gasteiger partial charge is 0.209 e. The summed E-state index contributed by atoms with van der Waals surface area (Å²) in [5, 5.41) is 0.963. The van der Waals surface area contributed by atoms with Crippen molar-refractivity contribution >= 4 is 33.1 Å². The Morgan fingerprint density at radius 2 is 1.74 bits per heavy atom. The Bertz CT molecular complexity index is 504. The normalized spacial score (nSPS) is 14.2. The number of hydrogen-bond donors (Lipinski definition) is 0. The molecule has 0 aliphatic carbocycles. The Morgan fingerprint density at radius 3 is 2.26 bits per heavy atom. The van der Waals surface area contributed by atoms with Crippen molar-refractivity contribution in [2.45, 2.75) is 26.7 Å². The highest BCUT2D eigenvalue weighted by molar-refractivity contribution is 9.10. The molecule has 2 heterocycles. The second-order valence-corrected chi connectivity index (χ2v) is 5.57. The summed E-state index contributed by atoms with van der Waals surface area (Å²) < 4.78 is 4.80. The lowest BCUT2D eigenvalue weighted by Gasteiger charge is -2.17. The van der Waals surface area contributed by atoms with Crippen LogP contribution in [0, 0.1) is 0 Å². The summed E-state index contributed by atoms with van der Waals surface area (Å²) in [5.74, 6) is 0. The van der Waals surface area contributed by atoms with Gasteiger partial charge in [0, 0.05) is 24.3 Å². The van der Waals surface area contributed by atoms with Crippen molar-refractivity contribution in [3.8, 4) is 10.6 Å². The fourth-order valence-electron chi connectivity index (χ4n) is 2.11. The topological polar surface area (TPSA) is 29.0 Å². The number of rotatable bonds is 2. The summed E-state index contributed by atoms with van der Waals surface area (Å²) in [6.07, 6.45) is 2.62. The highest BCUT2D eigenvalue weighted by Crippen LogP contribution is 2.27. The van der Waals surface area contributed by atoms with E-state index in [0.717, 1.165) is 10.6 Å². The molecule has 1 saturated heterocycles. The lowest BCUT2D eigenvalue weighted by Crippen LogP contribution is -2.17. The van der Waals surface area contributed by atoms with Gasteiger partial charge in [-0.15, -0.1) is 0 Å². The van der Waals surface area contributed by atoms with Crippen LogP contribution in [0.25, 0.3) is 10.6 Å². The zero-order chi connectivity index (χ0) is 13.7. The van der Waals surface area contributed by atoms with Crippen LogP contribution in [-0.2, 0) is 0 Å². The van der Waals surface area contributed by atoms with Crippen LogP contribution in [-0.4, -0.2) is 22.4 Å². The number of aromatic nitrogens is 2. The quantitative estimate of drug-likeness (QED) is 0.800. The minimum Gasteiger partial charge on any atom is -0.372 e. The molecule has 1 aromatic heterocycles. The van der Waals surface area contributed by atoms with Crippen LogP contribution < -0.4 is 4.90 Å². The Balaban J connectivity index is 0.000000637. The first-order chi connectivity index (χ1) is 9.33. The Morgan fingerprint density at radius 1 is 1.11 bits per heavy atom. The molecule has 0 saturated carbocycles. The van der Waals surface area contributed by atoms with Crippen molar-refractivity contribution in [1.29, 1.82) is 0 Å². The maximum Gasteiger partial charge on any atom is 0.209 e. The molecule has 0 bridgehead atoms. The van der Waals surface area contributed by atoms with E-state index < -0.39 is 0 Å². The summed E-state index contributed by atoms with van der Waals surface area (Å²) in [7, 11) is 0. The van der Waals surface area contributed by atoms with Gasteiger partial charge in [-0.1, -0.05) is 13.8 Å². The first-order valence-electron chi connectivity index (χ1n) is 6.67. The third kappa shape index (κ3) is 3.54. The van der Waals surface area contributed by atoms with E-state index >= 15 is 0 Å². The number of nitrogens with zero attached hydrogens (tertiary/aromatic N) is 3. The van der Waals surface area contributed by atoms with Crippen LogP contribution in [0.3, 0.4) is 0 Å². The maximum atomic E-state index is 4.32. The van der Waals surface area contributed by atoms with Gasteiger partial charge in [0.25, 0.3) is 0 Å². The van der Waals surface area contributed by atoms with Crippen molar-refractivity contribution in [2.75, 3.05) is 18.0 Å². The Labute approximate surface area is 127 Å². The molecular formula is C14H18BrN3S. The highest BCUT2D eigenvalue weighted by atomic mass is 79.9. The van der Waals surface area contributed by atoms with Crippen LogP contribution in [0.2, 0.25) is 0 Å². The van der Waals surface area contributed by atoms with Crippen molar-refractivity contribution < 1.29 is 0 Å². The number of halogens is 1. The molecule has 1 fully saturated rings. The minimum absolute atomic E-state index is 0.668. The van der Waals surface area contributed by atoms with Gasteiger partial charge in [0.2, 0.25) is 4.73 Å². The van der Waals surface area contributed by atoms with Gasteiger partial charge in [0.15, 0.2) is 0 Å². The fourth-order valence-corrected chi connectivity index (χ4v) is 3.20. The molecule has 0 N–H and O–H groups in total. The fraction of sp³-hybridized carbons (Fsp3) is 0.429. The van der Waals surface area contributed by atoms with Gasteiger partial charge in [-0.25, -0.2) is 4.98 Å². The highest BCUT2D eigenvalue weighted by Gasteiger charge is 2.12. The molecule has 3 nitrogen and oxygen atoms in total. The third-order valence-electron chi connectivity index (χ3n) is 2.99. The van der Waals surface area contributed by atoms with Crippen LogP contribution in [0.4, 0.5) is 5.69 Å². The van der Waals surface area contributed by atoms with Gasteiger partial charge in [-0.05, 0) is 64.6 Å². The van der Waals surface area contributed by atoms with E-state index in [1.807, 2.05) is 13.8 Å². The van der Waals surface area contributed by atoms with E-state index in [-0.39, 0.29) is 0 Å². The van der Waals surface area contributed by atoms with Crippen molar-refractivity contribution in [1.82, 2.24) is 9.36 Å². The molecule has 1 aliphatic heterocycles. The average molecular weight is 340 g/mol. The molecule has 1 aliphatic rings. The molecule has 2 aromatic rings. The lowest BCUT2D eigenvalue weighted by molar-refractivity contribution is 0.949. The SMILES string of the molecule is Brc1nsc(-c2ccc(N3CCCC3)cc2)n1.CC. The predicted molar refractivity (Wildman–Crippen MR) is 85.8 cm³/mol. The molecule has 3 rings (SSSR count). The molecule has 1 aromatic carbocycles. The number of anilines is 1. The van der Waals surface area contributed by atoms with Gasteiger partial charge in [-0.2, -0.15) is 4.37 Å². The average Bonchev–Trinajstić information content (AvgIpc) is 3.12. The molecule has 0 atom stereocenters. The predicted octanol–water partition coefficient (Wildman–Crippen LogP) is 4.59. The summed E-state index contributed by atoms with van der Waals surface area (Å²) in [4.78, 5) is 6.75. The summed E-state index contributed by atoms with van der Waals surface area (Å²) in [5.41, 5.74) is 2.45. The number of hydrogen-bond acceptors (Lipinski definition) is 4. The van der Waals surface area contributed by atoms with E-state index in [0.29, 0.717) is 4.73 Å².